The van der Waals surface area contributed by atoms with Crippen molar-refractivity contribution >= 4 is 41.9 Å². The maximum atomic E-state index is 12.3. The van der Waals surface area contributed by atoms with Gasteiger partial charge in [0.15, 0.2) is 0 Å². The van der Waals surface area contributed by atoms with Crippen molar-refractivity contribution in [2.24, 2.45) is 11.8 Å². The normalized spacial score (nSPS) is 23.7. The second kappa shape index (κ2) is 6.24. The second-order valence-electron chi connectivity index (χ2n) is 5.21. The Morgan fingerprint density at radius 1 is 1.32 bits per heavy atom. The molecule has 1 aromatic carbocycles. The summed E-state index contributed by atoms with van der Waals surface area (Å²) in [5.74, 6) is 1.18. The molecule has 2 unspecified atom stereocenters. The summed E-state index contributed by atoms with van der Waals surface area (Å²) >= 11 is 6.59. The van der Waals surface area contributed by atoms with Crippen LogP contribution in [0.3, 0.4) is 0 Å². The number of halogens is 2. The maximum absolute atomic E-state index is 12.3. The zero-order valence-electron chi connectivity index (χ0n) is 10.7. The molecule has 19 heavy (non-hydrogen) atoms. The van der Waals surface area contributed by atoms with Gasteiger partial charge in [-0.25, -0.2) is 13.1 Å². The van der Waals surface area contributed by atoms with Gasteiger partial charge >= 0.3 is 0 Å². The van der Waals surface area contributed by atoms with Gasteiger partial charge < -0.3 is 0 Å². The molecular weight excluding hydrogens is 394 g/mol. The van der Waals surface area contributed by atoms with Crippen molar-refractivity contribution in [1.82, 2.24) is 4.72 Å². The monoisotopic (exact) mass is 409 g/mol. The standard InChI is InChI=1S/C13H17Br2NO2S/c1-9-2-3-10(6-9)8-16-19(17,18)13-7-11(14)4-5-12(13)15/h4-5,7,9-10,16H,2-3,6,8H2,1H3. The van der Waals surface area contributed by atoms with Gasteiger partial charge in [-0.05, 0) is 58.8 Å². The van der Waals surface area contributed by atoms with E-state index in [1.807, 2.05) is 6.07 Å². The van der Waals surface area contributed by atoms with Gasteiger partial charge in [0.1, 0.15) is 0 Å². The lowest BCUT2D eigenvalue weighted by Crippen LogP contribution is -2.28. The molecule has 2 atom stereocenters. The van der Waals surface area contributed by atoms with Crippen molar-refractivity contribution in [1.29, 1.82) is 0 Å². The smallest absolute Gasteiger partial charge is 0.211 e. The molecule has 1 aliphatic rings. The van der Waals surface area contributed by atoms with Crippen molar-refractivity contribution in [3.05, 3.63) is 27.1 Å². The minimum atomic E-state index is -3.45. The third-order valence-electron chi connectivity index (χ3n) is 3.55. The van der Waals surface area contributed by atoms with Crippen LogP contribution in [0, 0.1) is 11.8 Å². The second-order valence-corrected chi connectivity index (χ2v) is 8.72. The Bertz CT molecular complexity index is 560. The first-order valence-corrected chi connectivity index (χ1v) is 9.40. The number of sulfonamides is 1. The molecule has 1 N–H and O–H groups in total. The largest absolute Gasteiger partial charge is 0.241 e. The molecule has 0 radical (unpaired) electrons. The third-order valence-corrected chi connectivity index (χ3v) is 6.46. The summed E-state index contributed by atoms with van der Waals surface area (Å²) in [7, 11) is -3.45. The van der Waals surface area contributed by atoms with E-state index in [0.717, 1.165) is 17.3 Å². The van der Waals surface area contributed by atoms with E-state index in [-0.39, 0.29) is 4.90 Å². The molecule has 0 saturated heterocycles. The third kappa shape index (κ3) is 4.03. The molecule has 2 rings (SSSR count). The molecule has 1 saturated carbocycles. The van der Waals surface area contributed by atoms with Gasteiger partial charge in [-0.15, -0.1) is 0 Å². The zero-order valence-corrected chi connectivity index (χ0v) is 14.7. The average molecular weight is 411 g/mol. The van der Waals surface area contributed by atoms with Gasteiger partial charge in [0.25, 0.3) is 0 Å². The van der Waals surface area contributed by atoms with Crippen LogP contribution in [0.2, 0.25) is 0 Å². The molecule has 1 fully saturated rings. The van der Waals surface area contributed by atoms with Crippen molar-refractivity contribution in [3.8, 4) is 0 Å². The summed E-state index contributed by atoms with van der Waals surface area (Å²) < 4.78 is 28.6. The first kappa shape index (κ1) is 15.5. The predicted molar refractivity (Wildman–Crippen MR) is 83.5 cm³/mol. The molecule has 3 nitrogen and oxygen atoms in total. The Labute approximate surface area is 131 Å². The Morgan fingerprint density at radius 2 is 2.05 bits per heavy atom. The molecule has 1 aliphatic carbocycles. The average Bonchev–Trinajstić information content (AvgIpc) is 2.76. The maximum Gasteiger partial charge on any atom is 0.241 e. The van der Waals surface area contributed by atoms with Crippen LogP contribution in [0.4, 0.5) is 0 Å². The van der Waals surface area contributed by atoms with Crippen LogP contribution in [0.1, 0.15) is 26.2 Å². The van der Waals surface area contributed by atoms with Gasteiger partial charge in [0.2, 0.25) is 10.0 Å². The fourth-order valence-corrected chi connectivity index (χ4v) is 5.11. The molecule has 0 aliphatic heterocycles. The van der Waals surface area contributed by atoms with Gasteiger partial charge in [0.05, 0.1) is 4.90 Å². The number of hydrogen-bond donors (Lipinski definition) is 1. The Morgan fingerprint density at radius 3 is 2.68 bits per heavy atom. The molecule has 0 aromatic heterocycles. The minimum Gasteiger partial charge on any atom is -0.211 e. The van der Waals surface area contributed by atoms with E-state index in [0.29, 0.717) is 22.9 Å². The van der Waals surface area contributed by atoms with Gasteiger partial charge in [-0.2, -0.15) is 0 Å². The highest BCUT2D eigenvalue weighted by Crippen LogP contribution is 2.30. The lowest BCUT2D eigenvalue weighted by atomic mass is 10.1. The molecular formula is C13H17Br2NO2S. The molecule has 1 aromatic rings. The Kier molecular flexibility index (Phi) is 5.09. The number of hydrogen-bond acceptors (Lipinski definition) is 2. The van der Waals surface area contributed by atoms with Crippen molar-refractivity contribution in [2.45, 2.75) is 31.1 Å². The molecule has 0 bridgehead atoms. The summed E-state index contributed by atoms with van der Waals surface area (Å²) in [5, 5.41) is 0. The van der Waals surface area contributed by atoms with Gasteiger partial charge in [0, 0.05) is 15.5 Å². The lowest BCUT2D eigenvalue weighted by Gasteiger charge is -2.13. The zero-order chi connectivity index (χ0) is 14.0. The summed E-state index contributed by atoms with van der Waals surface area (Å²) in [4.78, 5) is 0.285. The first-order valence-electron chi connectivity index (χ1n) is 6.33. The van der Waals surface area contributed by atoms with E-state index in [9.17, 15) is 8.42 Å². The van der Waals surface area contributed by atoms with Crippen LogP contribution in [0.25, 0.3) is 0 Å². The fraction of sp³-hybridized carbons (Fsp3) is 0.538. The quantitative estimate of drug-likeness (QED) is 0.817. The van der Waals surface area contributed by atoms with Crippen LogP contribution >= 0.6 is 31.9 Å². The van der Waals surface area contributed by atoms with Crippen LogP contribution in [0.15, 0.2) is 32.0 Å². The highest BCUT2D eigenvalue weighted by Gasteiger charge is 2.24. The number of benzene rings is 1. The molecule has 106 valence electrons. The van der Waals surface area contributed by atoms with Crippen molar-refractivity contribution in [2.75, 3.05) is 6.54 Å². The number of nitrogens with one attached hydrogen (secondary N) is 1. The van der Waals surface area contributed by atoms with E-state index in [4.69, 9.17) is 0 Å². The van der Waals surface area contributed by atoms with E-state index in [2.05, 4.69) is 43.5 Å². The molecule has 0 amide bonds. The van der Waals surface area contributed by atoms with Crippen molar-refractivity contribution in [3.63, 3.8) is 0 Å². The van der Waals surface area contributed by atoms with Gasteiger partial charge in [-0.3, -0.25) is 0 Å². The molecule has 6 heteroatoms. The van der Waals surface area contributed by atoms with Crippen LogP contribution in [-0.2, 0) is 10.0 Å². The lowest BCUT2D eigenvalue weighted by molar-refractivity contribution is 0.498. The van der Waals surface area contributed by atoms with Crippen LogP contribution < -0.4 is 4.72 Å². The number of rotatable bonds is 4. The summed E-state index contributed by atoms with van der Waals surface area (Å²) in [6.07, 6.45) is 3.43. The van der Waals surface area contributed by atoms with Crippen LogP contribution in [0.5, 0.6) is 0 Å². The first-order chi connectivity index (χ1) is 8.88. The van der Waals surface area contributed by atoms with E-state index < -0.39 is 10.0 Å². The highest BCUT2D eigenvalue weighted by atomic mass is 79.9. The summed E-state index contributed by atoms with van der Waals surface area (Å²) in [6.45, 7) is 2.75. The van der Waals surface area contributed by atoms with Gasteiger partial charge in [-0.1, -0.05) is 29.3 Å². The summed E-state index contributed by atoms with van der Waals surface area (Å²) in [5.41, 5.74) is 0. The predicted octanol–water partition coefficient (Wildman–Crippen LogP) is 3.93. The van der Waals surface area contributed by atoms with Crippen molar-refractivity contribution < 1.29 is 8.42 Å². The topological polar surface area (TPSA) is 46.2 Å². The minimum absolute atomic E-state index is 0.285. The van der Waals surface area contributed by atoms with E-state index in [1.165, 1.54) is 6.42 Å². The Balaban J connectivity index is 2.08. The van der Waals surface area contributed by atoms with Crippen LogP contribution in [-0.4, -0.2) is 15.0 Å². The fourth-order valence-electron chi connectivity index (χ4n) is 2.50. The molecule has 0 heterocycles. The highest BCUT2D eigenvalue weighted by molar-refractivity contribution is 9.11. The SMILES string of the molecule is CC1CCC(CNS(=O)(=O)c2cc(Br)ccc2Br)C1. The summed E-state index contributed by atoms with van der Waals surface area (Å²) in [6, 6.07) is 5.15. The van der Waals surface area contributed by atoms with E-state index in [1.54, 1.807) is 12.1 Å². The van der Waals surface area contributed by atoms with E-state index >= 15 is 0 Å². The molecule has 0 spiro atoms. The Hall–Kier alpha value is 0.0900.